The van der Waals surface area contributed by atoms with Crippen molar-refractivity contribution in [2.75, 3.05) is 0 Å². The van der Waals surface area contributed by atoms with Crippen molar-refractivity contribution in [1.82, 2.24) is 12.3 Å². The minimum atomic E-state index is 0. The van der Waals surface area contributed by atoms with E-state index >= 15 is 0 Å². The fourth-order valence-corrected chi connectivity index (χ4v) is 0. The van der Waals surface area contributed by atoms with E-state index in [1.165, 1.54) is 0 Å². The minimum absolute atomic E-state index is 0. The maximum Gasteiger partial charge on any atom is 0.109 e. The molecule has 0 spiro atoms. The lowest BCUT2D eigenvalue weighted by Crippen LogP contribution is -2.09. The number of hydrogen-bond donors (Lipinski definition) is 8. The van der Waals surface area contributed by atoms with E-state index in [2.05, 4.69) is 0 Å². The van der Waals surface area contributed by atoms with Gasteiger partial charge in [0.2, 0.25) is 0 Å². The van der Waals surface area contributed by atoms with Crippen LogP contribution in [-0.2, 0) is 0 Å². The Morgan fingerprint density at radius 2 is 0.750 bits per heavy atom. The Kier molecular flexibility index (Phi) is 30.1. The van der Waals surface area contributed by atoms with Gasteiger partial charge in [0.05, 0.1) is 0 Å². The molecule has 0 aromatic heterocycles. The first-order valence-electron chi connectivity index (χ1n) is 2.40. The van der Waals surface area contributed by atoms with Gasteiger partial charge in [-0.3, -0.25) is 0 Å². The van der Waals surface area contributed by atoms with Crippen molar-refractivity contribution in [2.45, 2.75) is 0 Å². The second-order valence-corrected chi connectivity index (χ2v) is 1.33. The van der Waals surface area contributed by atoms with Gasteiger partial charge in [0.25, 0.3) is 0 Å². The van der Waals surface area contributed by atoms with E-state index in [0.717, 1.165) is 12.4 Å². The highest BCUT2D eigenvalue weighted by atomic mass is 14.8. The summed E-state index contributed by atoms with van der Waals surface area (Å²) < 4.78 is 0. The molecular weight excluding hydrogens is 160 g/mol. The van der Waals surface area contributed by atoms with Gasteiger partial charge in [0.1, 0.15) is 11.6 Å². The summed E-state index contributed by atoms with van der Waals surface area (Å²) in [5, 5.41) is 0. The summed E-state index contributed by atoms with van der Waals surface area (Å²) in [6.45, 7) is 0. The Morgan fingerprint density at radius 3 is 0.750 bits per heavy atom. The van der Waals surface area contributed by atoms with Crippen LogP contribution in [0.5, 0.6) is 0 Å². The average molecular weight is 180 g/mol. The number of nitrogens with two attached hydrogens (primary N) is 6. The third-order valence-electron chi connectivity index (χ3n) is 0.385. The van der Waals surface area contributed by atoms with Crippen LogP contribution in [0.3, 0.4) is 0 Å². The van der Waals surface area contributed by atoms with Gasteiger partial charge < -0.3 is 46.7 Å². The van der Waals surface area contributed by atoms with E-state index in [-0.39, 0.29) is 23.9 Å². The molecule has 0 aliphatic heterocycles. The van der Waals surface area contributed by atoms with Gasteiger partial charge >= 0.3 is 0 Å². The first-order valence-corrected chi connectivity index (χ1v) is 2.40. The normalized spacial score (nSPS) is 5.33. The fraction of sp³-hybridized carbons (Fsp3) is 0. The molecule has 0 bridgehead atoms. The van der Waals surface area contributed by atoms with E-state index in [9.17, 15) is 0 Å². The summed E-state index contributed by atoms with van der Waals surface area (Å²) in [7, 11) is 0. The van der Waals surface area contributed by atoms with Gasteiger partial charge in [-0.25, -0.2) is 0 Å². The zero-order valence-electron chi connectivity index (χ0n) is 7.03. The Labute approximate surface area is 71.8 Å². The third-order valence-corrected chi connectivity index (χ3v) is 0.385. The monoisotopic (exact) mass is 180 g/mol. The molecule has 0 rings (SSSR count). The Bertz CT molecular complexity index is 103. The summed E-state index contributed by atoms with van der Waals surface area (Å²) in [4.78, 5) is 0. The van der Waals surface area contributed by atoms with Crippen molar-refractivity contribution in [3.63, 3.8) is 0 Å². The highest BCUT2D eigenvalue weighted by molar-refractivity contribution is 4.84. The van der Waals surface area contributed by atoms with Gasteiger partial charge in [0, 0.05) is 12.4 Å². The highest BCUT2D eigenvalue weighted by Crippen LogP contribution is 1.49. The van der Waals surface area contributed by atoms with Crippen LogP contribution in [0.15, 0.2) is 24.0 Å². The molecular formula is C4H20N8. The van der Waals surface area contributed by atoms with Crippen molar-refractivity contribution in [2.24, 2.45) is 34.4 Å². The lowest BCUT2D eigenvalue weighted by atomic mass is 10.8. The van der Waals surface area contributed by atoms with Gasteiger partial charge in [-0.05, 0) is 0 Å². The first-order chi connectivity index (χ1) is 4.54. The summed E-state index contributed by atoms with van der Waals surface area (Å²) in [6.07, 6.45) is 2.28. The van der Waals surface area contributed by atoms with Gasteiger partial charge in [-0.2, -0.15) is 0 Å². The minimum Gasteiger partial charge on any atom is -0.402 e. The summed E-state index contributed by atoms with van der Waals surface area (Å²) in [6, 6.07) is 0. The molecule has 0 radical (unpaired) electrons. The lowest BCUT2D eigenvalue weighted by molar-refractivity contribution is 1.22. The van der Waals surface area contributed by atoms with E-state index in [4.69, 9.17) is 34.4 Å². The highest BCUT2D eigenvalue weighted by Gasteiger charge is 1.60. The van der Waals surface area contributed by atoms with Crippen LogP contribution in [0.1, 0.15) is 0 Å². The van der Waals surface area contributed by atoms with E-state index < -0.39 is 0 Å². The number of hydrogen-bond acceptors (Lipinski definition) is 8. The Morgan fingerprint density at radius 1 is 0.667 bits per heavy atom. The summed E-state index contributed by atoms with van der Waals surface area (Å²) >= 11 is 0. The standard InChI is InChI=1S/2C2H7N3.2H3N/c2*3-1-2(4)5;;/h2*1H,3-5H2;2*1H3. The molecule has 18 N–H and O–H groups in total. The Hall–Kier alpha value is -1.80. The van der Waals surface area contributed by atoms with Crippen molar-refractivity contribution in [1.29, 1.82) is 0 Å². The maximum absolute atomic E-state index is 4.81. The van der Waals surface area contributed by atoms with Crippen molar-refractivity contribution in [3.05, 3.63) is 24.0 Å². The molecule has 0 aromatic rings. The maximum atomic E-state index is 4.81. The van der Waals surface area contributed by atoms with E-state index in [0.29, 0.717) is 0 Å². The van der Waals surface area contributed by atoms with Gasteiger partial charge in [-0.15, -0.1) is 0 Å². The van der Waals surface area contributed by atoms with Crippen LogP contribution in [0.25, 0.3) is 0 Å². The van der Waals surface area contributed by atoms with Crippen LogP contribution >= 0.6 is 0 Å². The van der Waals surface area contributed by atoms with E-state index in [1.807, 2.05) is 0 Å². The van der Waals surface area contributed by atoms with E-state index in [1.54, 1.807) is 0 Å². The number of rotatable bonds is 0. The molecule has 0 saturated heterocycles. The SMILES string of the molecule is N.N.NC=C(N)N.NC=C(N)N. The second kappa shape index (κ2) is 16.1. The average Bonchev–Trinajstić information content (AvgIpc) is 1.89. The Balaban J connectivity index is -0.0000000457. The van der Waals surface area contributed by atoms with Crippen molar-refractivity contribution >= 4 is 0 Å². The van der Waals surface area contributed by atoms with Crippen molar-refractivity contribution in [3.8, 4) is 0 Å². The molecule has 0 atom stereocenters. The molecule has 0 aliphatic rings. The molecule has 0 unspecified atom stereocenters. The first kappa shape index (κ1) is 22.5. The van der Waals surface area contributed by atoms with Crippen LogP contribution < -0.4 is 46.7 Å². The largest absolute Gasteiger partial charge is 0.402 e. The molecule has 0 heterocycles. The van der Waals surface area contributed by atoms with Gasteiger partial charge in [-0.1, -0.05) is 0 Å². The van der Waals surface area contributed by atoms with Crippen LogP contribution in [0, 0.1) is 0 Å². The zero-order valence-corrected chi connectivity index (χ0v) is 7.03. The van der Waals surface area contributed by atoms with Crippen LogP contribution in [-0.4, -0.2) is 0 Å². The fourth-order valence-electron chi connectivity index (χ4n) is 0. The predicted octanol–water partition coefficient (Wildman–Crippen LogP) is -2.35. The topological polar surface area (TPSA) is 226 Å². The smallest absolute Gasteiger partial charge is 0.109 e. The molecule has 8 heteroatoms. The summed E-state index contributed by atoms with van der Waals surface area (Å²) in [5.74, 6) is 0.315. The predicted molar refractivity (Wildman–Crippen MR) is 51.3 cm³/mol. The quantitative estimate of drug-likeness (QED) is 0.200. The molecule has 0 amide bonds. The van der Waals surface area contributed by atoms with Crippen LogP contribution in [0.4, 0.5) is 0 Å². The zero-order chi connectivity index (χ0) is 8.57. The van der Waals surface area contributed by atoms with Crippen LogP contribution in [0.2, 0.25) is 0 Å². The molecule has 12 heavy (non-hydrogen) atoms. The molecule has 76 valence electrons. The molecule has 0 fully saturated rings. The van der Waals surface area contributed by atoms with Crippen molar-refractivity contribution < 1.29 is 0 Å². The van der Waals surface area contributed by atoms with Gasteiger partial charge in [0.15, 0.2) is 0 Å². The lowest BCUT2D eigenvalue weighted by Gasteiger charge is -1.78. The second-order valence-electron chi connectivity index (χ2n) is 1.33. The molecule has 0 saturated carbocycles. The molecule has 8 nitrogen and oxygen atoms in total. The molecule has 0 aromatic carbocycles. The third kappa shape index (κ3) is 87.8. The molecule has 0 aliphatic carbocycles. The summed E-state index contributed by atoms with van der Waals surface area (Å²) in [5.41, 5.74) is 28.7.